The van der Waals surface area contributed by atoms with Gasteiger partial charge in [0.05, 0.1) is 6.04 Å². The smallest absolute Gasteiger partial charge is 0.254 e. The highest BCUT2D eigenvalue weighted by Gasteiger charge is 2.30. The summed E-state index contributed by atoms with van der Waals surface area (Å²) in [6.45, 7) is 5.25. The molecule has 26 heavy (non-hydrogen) atoms. The normalized spacial score (nSPS) is 17.2. The summed E-state index contributed by atoms with van der Waals surface area (Å²) in [5.74, 6) is 0.656. The van der Waals surface area contributed by atoms with Crippen LogP contribution in [0.25, 0.3) is 10.8 Å². The fourth-order valence-corrected chi connectivity index (χ4v) is 3.95. The molecule has 2 heteroatoms. The van der Waals surface area contributed by atoms with E-state index in [1.54, 1.807) is 0 Å². The lowest BCUT2D eigenvalue weighted by atomic mass is 9.98. The zero-order chi connectivity index (χ0) is 18.1. The van der Waals surface area contributed by atoms with Crippen LogP contribution in [0.5, 0.6) is 0 Å². The van der Waals surface area contributed by atoms with Gasteiger partial charge in [-0.05, 0) is 52.8 Å². The van der Waals surface area contributed by atoms with Crippen LogP contribution < -0.4 is 0 Å². The first-order valence-corrected chi connectivity index (χ1v) is 9.53. The van der Waals surface area contributed by atoms with Gasteiger partial charge in [0, 0.05) is 12.1 Å². The SMILES string of the molecule is CC(C)c1ccc2cc(C(=O)N3CCCC3c3ccccc3)ccc2c1. The van der Waals surface area contributed by atoms with E-state index in [-0.39, 0.29) is 11.9 Å². The second kappa shape index (κ2) is 6.95. The number of hydrogen-bond donors (Lipinski definition) is 0. The molecule has 0 saturated carbocycles. The zero-order valence-electron chi connectivity index (χ0n) is 15.5. The number of nitrogens with zero attached hydrogens (tertiary/aromatic N) is 1. The van der Waals surface area contributed by atoms with Crippen molar-refractivity contribution in [1.29, 1.82) is 0 Å². The maximum absolute atomic E-state index is 13.2. The van der Waals surface area contributed by atoms with Gasteiger partial charge in [-0.25, -0.2) is 0 Å². The molecular weight excluding hydrogens is 318 g/mol. The van der Waals surface area contributed by atoms with Crippen molar-refractivity contribution in [3.63, 3.8) is 0 Å². The Morgan fingerprint density at radius 3 is 2.46 bits per heavy atom. The summed E-state index contributed by atoms with van der Waals surface area (Å²) in [6, 6.07) is 23.2. The Kier molecular flexibility index (Phi) is 4.50. The lowest BCUT2D eigenvalue weighted by Gasteiger charge is -2.25. The number of carbonyl (C=O) groups is 1. The maximum atomic E-state index is 13.2. The lowest BCUT2D eigenvalue weighted by molar-refractivity contribution is 0.0736. The van der Waals surface area contributed by atoms with Crippen molar-refractivity contribution in [2.75, 3.05) is 6.54 Å². The molecule has 1 amide bonds. The van der Waals surface area contributed by atoms with E-state index in [1.165, 1.54) is 16.5 Å². The first-order valence-electron chi connectivity index (χ1n) is 9.53. The van der Waals surface area contributed by atoms with Crippen molar-refractivity contribution in [2.45, 2.75) is 38.6 Å². The van der Waals surface area contributed by atoms with Gasteiger partial charge < -0.3 is 4.90 Å². The molecule has 1 heterocycles. The van der Waals surface area contributed by atoms with E-state index in [4.69, 9.17) is 0 Å². The molecule has 1 fully saturated rings. The van der Waals surface area contributed by atoms with Crippen LogP contribution in [0.1, 0.15) is 60.1 Å². The van der Waals surface area contributed by atoms with Crippen LogP contribution in [0.4, 0.5) is 0 Å². The van der Waals surface area contributed by atoms with Crippen molar-refractivity contribution in [3.05, 3.63) is 83.4 Å². The molecule has 0 radical (unpaired) electrons. The van der Waals surface area contributed by atoms with Crippen LogP contribution in [0, 0.1) is 0 Å². The number of amides is 1. The molecular formula is C24H25NO. The van der Waals surface area contributed by atoms with Crippen LogP contribution in [0.3, 0.4) is 0 Å². The van der Waals surface area contributed by atoms with Crippen molar-refractivity contribution in [2.24, 2.45) is 0 Å². The molecule has 132 valence electrons. The second-order valence-electron chi connectivity index (χ2n) is 7.54. The minimum Gasteiger partial charge on any atom is -0.332 e. The summed E-state index contributed by atoms with van der Waals surface area (Å²) in [6.07, 6.45) is 2.11. The average Bonchev–Trinajstić information content (AvgIpc) is 3.17. The first-order chi connectivity index (χ1) is 12.6. The fraction of sp³-hybridized carbons (Fsp3) is 0.292. The van der Waals surface area contributed by atoms with E-state index in [0.29, 0.717) is 5.92 Å². The largest absolute Gasteiger partial charge is 0.332 e. The predicted octanol–water partition coefficient (Wildman–Crippen LogP) is 5.94. The number of benzene rings is 3. The third-order valence-corrected chi connectivity index (χ3v) is 5.48. The van der Waals surface area contributed by atoms with Gasteiger partial charge in [-0.2, -0.15) is 0 Å². The Bertz CT molecular complexity index is 929. The van der Waals surface area contributed by atoms with E-state index in [0.717, 1.165) is 30.3 Å². The topological polar surface area (TPSA) is 20.3 Å². The predicted molar refractivity (Wildman–Crippen MR) is 107 cm³/mol. The molecule has 4 rings (SSSR count). The quantitative estimate of drug-likeness (QED) is 0.576. The average molecular weight is 343 g/mol. The number of likely N-dealkylation sites (tertiary alicyclic amines) is 1. The first kappa shape index (κ1) is 16.8. The van der Waals surface area contributed by atoms with Crippen molar-refractivity contribution >= 4 is 16.7 Å². The molecule has 0 N–H and O–H groups in total. The molecule has 0 bridgehead atoms. The van der Waals surface area contributed by atoms with E-state index < -0.39 is 0 Å². The van der Waals surface area contributed by atoms with E-state index in [1.807, 2.05) is 23.1 Å². The van der Waals surface area contributed by atoms with Gasteiger partial charge >= 0.3 is 0 Å². The highest BCUT2D eigenvalue weighted by atomic mass is 16.2. The van der Waals surface area contributed by atoms with Crippen molar-refractivity contribution in [1.82, 2.24) is 4.90 Å². The molecule has 0 spiro atoms. The molecule has 1 unspecified atom stereocenters. The third kappa shape index (κ3) is 3.12. The summed E-state index contributed by atoms with van der Waals surface area (Å²) >= 11 is 0. The van der Waals surface area contributed by atoms with Crippen LogP contribution in [-0.2, 0) is 0 Å². The molecule has 1 aliphatic rings. The van der Waals surface area contributed by atoms with E-state index >= 15 is 0 Å². The maximum Gasteiger partial charge on any atom is 0.254 e. The van der Waals surface area contributed by atoms with Gasteiger partial charge in [0.1, 0.15) is 0 Å². The minimum absolute atomic E-state index is 0.145. The molecule has 0 aromatic heterocycles. The summed E-state index contributed by atoms with van der Waals surface area (Å²) in [7, 11) is 0. The van der Waals surface area contributed by atoms with E-state index in [2.05, 4.69) is 62.4 Å². The number of rotatable bonds is 3. The monoisotopic (exact) mass is 343 g/mol. The minimum atomic E-state index is 0.145. The highest BCUT2D eigenvalue weighted by molar-refractivity contribution is 5.99. The molecule has 3 aromatic carbocycles. The van der Waals surface area contributed by atoms with Crippen LogP contribution in [-0.4, -0.2) is 17.4 Å². The standard InChI is InChI=1S/C24H25NO/c1-17(2)19-10-11-21-16-22(13-12-20(21)15-19)24(26)25-14-6-9-23(25)18-7-4-3-5-8-18/h3-5,7-8,10-13,15-17,23H,6,9,14H2,1-2H3. The Hall–Kier alpha value is -2.61. The Labute approximate surface area is 155 Å². The zero-order valence-corrected chi connectivity index (χ0v) is 15.5. The third-order valence-electron chi connectivity index (χ3n) is 5.48. The summed E-state index contributed by atoms with van der Waals surface area (Å²) in [5, 5.41) is 2.34. The fourth-order valence-electron chi connectivity index (χ4n) is 3.95. The highest BCUT2D eigenvalue weighted by Crippen LogP contribution is 2.33. The summed E-state index contributed by atoms with van der Waals surface area (Å²) < 4.78 is 0. The molecule has 3 aromatic rings. The lowest BCUT2D eigenvalue weighted by Crippen LogP contribution is -2.30. The van der Waals surface area contributed by atoms with Gasteiger partial charge in [0.15, 0.2) is 0 Å². The summed E-state index contributed by atoms with van der Waals surface area (Å²) in [5.41, 5.74) is 3.36. The molecule has 1 aliphatic heterocycles. The Balaban J connectivity index is 1.64. The Morgan fingerprint density at radius 2 is 1.69 bits per heavy atom. The van der Waals surface area contributed by atoms with Crippen molar-refractivity contribution < 1.29 is 4.79 Å². The van der Waals surface area contributed by atoms with Gasteiger partial charge in [-0.1, -0.05) is 68.4 Å². The number of hydrogen-bond acceptors (Lipinski definition) is 1. The van der Waals surface area contributed by atoms with E-state index in [9.17, 15) is 4.79 Å². The Morgan fingerprint density at radius 1 is 0.962 bits per heavy atom. The van der Waals surface area contributed by atoms with Gasteiger partial charge in [-0.3, -0.25) is 4.79 Å². The van der Waals surface area contributed by atoms with Crippen LogP contribution in [0.15, 0.2) is 66.7 Å². The van der Waals surface area contributed by atoms with Gasteiger partial charge in [0.25, 0.3) is 5.91 Å². The van der Waals surface area contributed by atoms with Gasteiger partial charge in [-0.15, -0.1) is 0 Å². The van der Waals surface area contributed by atoms with Crippen molar-refractivity contribution in [3.8, 4) is 0 Å². The summed E-state index contributed by atoms with van der Waals surface area (Å²) in [4.78, 5) is 15.2. The molecule has 1 saturated heterocycles. The van der Waals surface area contributed by atoms with Crippen LogP contribution in [0.2, 0.25) is 0 Å². The number of carbonyl (C=O) groups excluding carboxylic acids is 1. The molecule has 0 aliphatic carbocycles. The number of fused-ring (bicyclic) bond motifs is 1. The molecule has 2 nitrogen and oxygen atoms in total. The molecule has 1 atom stereocenters. The van der Waals surface area contributed by atoms with Crippen LogP contribution >= 0.6 is 0 Å². The second-order valence-corrected chi connectivity index (χ2v) is 7.54. The van der Waals surface area contributed by atoms with Gasteiger partial charge in [0.2, 0.25) is 0 Å².